The van der Waals surface area contributed by atoms with Crippen molar-refractivity contribution in [1.82, 2.24) is 0 Å². The van der Waals surface area contributed by atoms with Gasteiger partial charge in [-0.15, -0.1) is 6.42 Å². The van der Waals surface area contributed by atoms with Gasteiger partial charge in [-0.05, 0) is 18.2 Å². The average Bonchev–Trinajstić information content (AvgIpc) is 2.38. The van der Waals surface area contributed by atoms with Crippen LogP contribution in [0, 0.1) is 12.3 Å². The molecule has 1 aromatic carbocycles. The molecule has 0 spiro atoms. The van der Waals surface area contributed by atoms with Crippen molar-refractivity contribution in [2.45, 2.75) is 19.4 Å². The summed E-state index contributed by atoms with van der Waals surface area (Å²) >= 11 is 0. The van der Waals surface area contributed by atoms with Gasteiger partial charge >= 0.3 is 15.6 Å². The van der Waals surface area contributed by atoms with E-state index in [0.29, 0.717) is 6.29 Å². The number of aldehydes is 1. The lowest BCUT2D eigenvalue weighted by atomic mass is 10.1. The first-order valence-corrected chi connectivity index (χ1v) is 6.68. The van der Waals surface area contributed by atoms with E-state index < -0.39 is 21.4 Å². The van der Waals surface area contributed by atoms with Crippen LogP contribution in [0.5, 0.6) is 5.75 Å². The van der Waals surface area contributed by atoms with E-state index in [4.69, 9.17) is 6.42 Å². The number of carbonyl (C=O) groups excluding carboxylic acids is 1. The van der Waals surface area contributed by atoms with Crippen LogP contribution in [-0.4, -0.2) is 20.2 Å². The van der Waals surface area contributed by atoms with Gasteiger partial charge < -0.3 is 4.18 Å². The fourth-order valence-electron chi connectivity index (χ4n) is 0.996. The molecule has 0 aliphatic carbocycles. The maximum absolute atomic E-state index is 12.1. The number of hydrogen-bond acceptors (Lipinski definition) is 4. The van der Waals surface area contributed by atoms with Crippen LogP contribution in [-0.2, 0) is 10.1 Å². The summed E-state index contributed by atoms with van der Waals surface area (Å²) in [6.45, 7) is 4.00. The third-order valence-electron chi connectivity index (χ3n) is 1.72. The largest absolute Gasteiger partial charge is 0.534 e. The molecule has 0 aliphatic heterocycles. The van der Waals surface area contributed by atoms with Crippen LogP contribution in [0.3, 0.4) is 0 Å². The number of terminal acetylenes is 1. The predicted molar refractivity (Wildman–Crippen MR) is 66.7 cm³/mol. The zero-order valence-electron chi connectivity index (χ0n) is 10.6. The molecule has 0 amide bonds. The van der Waals surface area contributed by atoms with Gasteiger partial charge in [0.25, 0.3) is 0 Å². The van der Waals surface area contributed by atoms with Gasteiger partial charge in [0.15, 0.2) is 0 Å². The zero-order valence-corrected chi connectivity index (χ0v) is 11.4. The second kappa shape index (κ2) is 6.96. The van der Waals surface area contributed by atoms with Crippen LogP contribution in [0.15, 0.2) is 18.2 Å². The third kappa shape index (κ3) is 4.59. The van der Waals surface area contributed by atoms with Crippen LogP contribution < -0.4 is 4.18 Å². The first-order valence-electron chi connectivity index (χ1n) is 5.27. The minimum atomic E-state index is -5.79. The van der Waals surface area contributed by atoms with Crippen molar-refractivity contribution in [3.05, 3.63) is 29.3 Å². The second-order valence-electron chi connectivity index (χ2n) is 3.04. The summed E-state index contributed by atoms with van der Waals surface area (Å²) in [6, 6.07) is 2.92. The monoisotopic (exact) mass is 308 g/mol. The Labute approximate surface area is 114 Å². The van der Waals surface area contributed by atoms with Crippen molar-refractivity contribution in [3.63, 3.8) is 0 Å². The van der Waals surface area contributed by atoms with E-state index in [1.165, 1.54) is 6.07 Å². The molecule has 0 N–H and O–H groups in total. The zero-order chi connectivity index (χ0) is 16.0. The lowest BCUT2D eigenvalue weighted by Crippen LogP contribution is -2.28. The summed E-state index contributed by atoms with van der Waals surface area (Å²) in [5.74, 6) is 1.38. The molecule has 0 heterocycles. The second-order valence-corrected chi connectivity index (χ2v) is 4.57. The number of halogens is 3. The molecule has 0 atom stereocenters. The Bertz CT molecular complexity index is 613. The molecule has 0 saturated carbocycles. The smallest absolute Gasteiger partial charge is 0.376 e. The van der Waals surface area contributed by atoms with E-state index >= 15 is 0 Å². The van der Waals surface area contributed by atoms with Crippen molar-refractivity contribution in [2.24, 2.45) is 0 Å². The van der Waals surface area contributed by atoms with Crippen LogP contribution >= 0.6 is 0 Å². The molecule has 0 fully saturated rings. The first-order chi connectivity index (χ1) is 9.19. The Kier molecular flexibility index (Phi) is 6.26. The lowest BCUT2D eigenvalue weighted by molar-refractivity contribution is -0.0500. The highest BCUT2D eigenvalue weighted by Crippen LogP contribution is 2.27. The van der Waals surface area contributed by atoms with Crippen molar-refractivity contribution in [3.8, 4) is 18.1 Å². The minimum Gasteiger partial charge on any atom is -0.376 e. The molecular weight excluding hydrogens is 297 g/mol. The number of carbonyl (C=O) groups is 1. The summed E-state index contributed by atoms with van der Waals surface area (Å²) in [7, 11) is -5.79. The van der Waals surface area contributed by atoms with Gasteiger partial charge in [0.2, 0.25) is 0 Å². The molecule has 1 aromatic rings. The van der Waals surface area contributed by atoms with E-state index in [9.17, 15) is 26.4 Å². The maximum atomic E-state index is 12.1. The summed E-state index contributed by atoms with van der Waals surface area (Å²) < 4.78 is 61.5. The highest BCUT2D eigenvalue weighted by molar-refractivity contribution is 7.88. The SMILES string of the molecule is C#Cc1cc(C=O)cc(OS(=O)(=O)C(F)(F)F)c1.CC. The van der Waals surface area contributed by atoms with Crippen molar-refractivity contribution in [2.75, 3.05) is 0 Å². The van der Waals surface area contributed by atoms with E-state index in [1.807, 2.05) is 13.8 Å². The molecular formula is C12H11F3O4S. The van der Waals surface area contributed by atoms with Gasteiger partial charge in [-0.3, -0.25) is 4.79 Å². The highest BCUT2D eigenvalue weighted by Gasteiger charge is 2.48. The Morgan fingerprint density at radius 2 is 1.80 bits per heavy atom. The number of hydrogen-bond donors (Lipinski definition) is 0. The summed E-state index contributed by atoms with van der Waals surface area (Å²) in [5, 5.41) is 0. The van der Waals surface area contributed by atoms with E-state index in [-0.39, 0.29) is 11.1 Å². The van der Waals surface area contributed by atoms with Gasteiger partial charge in [-0.25, -0.2) is 0 Å². The Balaban J connectivity index is 0.00000172. The lowest BCUT2D eigenvalue weighted by Gasteiger charge is -2.09. The van der Waals surface area contributed by atoms with Gasteiger partial charge in [0.1, 0.15) is 12.0 Å². The number of alkyl halides is 3. The first kappa shape index (κ1) is 18.0. The molecule has 0 aliphatic rings. The minimum absolute atomic E-state index is 0.0203. The summed E-state index contributed by atoms with van der Waals surface area (Å²) in [5.41, 5.74) is -5.63. The van der Waals surface area contributed by atoms with Crippen LogP contribution in [0.25, 0.3) is 0 Å². The predicted octanol–water partition coefficient (Wildman–Crippen LogP) is 2.74. The quantitative estimate of drug-likeness (QED) is 0.373. The van der Waals surface area contributed by atoms with Gasteiger partial charge in [0.05, 0.1) is 0 Å². The van der Waals surface area contributed by atoms with Crippen molar-refractivity contribution in [1.29, 1.82) is 0 Å². The Morgan fingerprint density at radius 1 is 1.25 bits per heavy atom. The average molecular weight is 308 g/mol. The van der Waals surface area contributed by atoms with Gasteiger partial charge in [-0.2, -0.15) is 21.6 Å². The Hall–Kier alpha value is -2.01. The normalized spacial score (nSPS) is 10.8. The molecule has 0 radical (unpaired) electrons. The molecule has 8 heteroatoms. The summed E-state index contributed by atoms with van der Waals surface area (Å²) in [6.07, 6.45) is 5.30. The molecule has 0 saturated heterocycles. The van der Waals surface area contributed by atoms with E-state index in [0.717, 1.165) is 12.1 Å². The Morgan fingerprint density at radius 3 is 2.20 bits per heavy atom. The topological polar surface area (TPSA) is 60.4 Å². The van der Waals surface area contributed by atoms with E-state index in [2.05, 4.69) is 10.1 Å². The molecule has 1 rings (SSSR count). The van der Waals surface area contributed by atoms with Crippen molar-refractivity contribution >= 4 is 16.4 Å². The van der Waals surface area contributed by atoms with Gasteiger partial charge in [-0.1, -0.05) is 19.8 Å². The standard InChI is InChI=1S/C10H5F3O4S.C2H6/c1-2-7-3-8(6-14)5-9(4-7)17-18(15,16)10(11,12)13;1-2/h1,3-6H;1-2H3. The molecule has 0 bridgehead atoms. The van der Waals surface area contributed by atoms with Gasteiger partial charge in [0, 0.05) is 11.1 Å². The fourth-order valence-corrected chi connectivity index (χ4v) is 1.44. The highest BCUT2D eigenvalue weighted by atomic mass is 32.2. The molecule has 4 nitrogen and oxygen atoms in total. The molecule has 0 unspecified atom stereocenters. The molecule has 0 aromatic heterocycles. The maximum Gasteiger partial charge on any atom is 0.534 e. The number of rotatable bonds is 3. The van der Waals surface area contributed by atoms with Crippen LogP contribution in [0.1, 0.15) is 29.8 Å². The van der Waals surface area contributed by atoms with Crippen molar-refractivity contribution < 1.29 is 30.6 Å². The fraction of sp³-hybridized carbons (Fsp3) is 0.250. The van der Waals surface area contributed by atoms with Crippen LogP contribution in [0.4, 0.5) is 13.2 Å². The van der Waals surface area contributed by atoms with E-state index in [1.54, 1.807) is 0 Å². The molecule has 110 valence electrons. The summed E-state index contributed by atoms with van der Waals surface area (Å²) in [4.78, 5) is 10.5. The third-order valence-corrected chi connectivity index (χ3v) is 2.70. The van der Waals surface area contributed by atoms with Crippen LogP contribution in [0.2, 0.25) is 0 Å². The number of benzene rings is 1. The molecule has 20 heavy (non-hydrogen) atoms.